The van der Waals surface area contributed by atoms with E-state index in [0.29, 0.717) is 27.9 Å². The first-order valence-electron chi connectivity index (χ1n) is 6.88. The molecule has 0 radical (unpaired) electrons. The maximum atomic E-state index is 14.0. The molecule has 0 spiro atoms. The van der Waals surface area contributed by atoms with Gasteiger partial charge >= 0.3 is 0 Å². The van der Waals surface area contributed by atoms with Crippen LogP contribution in [0.25, 0.3) is 10.4 Å². The minimum absolute atomic E-state index is 0.414. The number of nitrogens with one attached hydrogen (secondary N) is 1. The number of thiophene rings is 1. The summed E-state index contributed by atoms with van der Waals surface area (Å²) in [6, 6.07) is 6.78. The molecule has 20 heavy (non-hydrogen) atoms. The van der Waals surface area contributed by atoms with Crippen LogP contribution in [0.4, 0.5) is 4.39 Å². The van der Waals surface area contributed by atoms with E-state index in [4.69, 9.17) is 11.6 Å². The van der Waals surface area contributed by atoms with Gasteiger partial charge in [-0.1, -0.05) is 11.6 Å². The topological polar surface area (TPSA) is 24.9 Å². The van der Waals surface area contributed by atoms with Crippen LogP contribution < -0.4 is 5.32 Å². The van der Waals surface area contributed by atoms with Gasteiger partial charge in [0.15, 0.2) is 0 Å². The summed E-state index contributed by atoms with van der Waals surface area (Å²) in [6.07, 6.45) is 5.32. The molecular weight excluding hydrogens is 295 g/mol. The van der Waals surface area contributed by atoms with Crippen molar-refractivity contribution >= 4 is 22.9 Å². The lowest BCUT2D eigenvalue weighted by atomic mass is 9.84. The molecule has 4 rings (SSSR count). The van der Waals surface area contributed by atoms with Crippen LogP contribution in [0.2, 0.25) is 4.34 Å². The van der Waals surface area contributed by atoms with Crippen LogP contribution in [-0.2, 0) is 0 Å². The molecule has 2 aliphatic heterocycles. The highest BCUT2D eigenvalue weighted by molar-refractivity contribution is 7.19. The first-order valence-corrected chi connectivity index (χ1v) is 8.07. The molecule has 2 nitrogen and oxygen atoms in total. The number of pyridine rings is 1. The summed E-state index contributed by atoms with van der Waals surface area (Å²) in [5.41, 5.74) is 1.72. The second-order valence-corrected chi connectivity index (χ2v) is 7.32. The second-order valence-electron chi connectivity index (χ2n) is 5.60. The number of fused-ring (bicyclic) bond motifs is 2. The lowest BCUT2D eigenvalue weighted by Crippen LogP contribution is -2.21. The number of hydrogen-bond acceptors (Lipinski definition) is 3. The Balaban J connectivity index is 1.72. The molecule has 1 N–H and O–H groups in total. The van der Waals surface area contributed by atoms with Gasteiger partial charge in [-0.25, -0.2) is 4.98 Å². The van der Waals surface area contributed by atoms with Crippen molar-refractivity contribution in [3.63, 3.8) is 0 Å². The van der Waals surface area contributed by atoms with Crippen LogP contribution in [0.5, 0.6) is 0 Å². The molecule has 2 aliphatic rings. The summed E-state index contributed by atoms with van der Waals surface area (Å²) in [6.45, 7) is 0. The normalized spacial score (nSPS) is 28.2. The molecule has 2 aromatic rings. The fourth-order valence-electron chi connectivity index (χ4n) is 3.49. The smallest absolute Gasteiger partial charge is 0.221 e. The van der Waals surface area contributed by atoms with Crippen LogP contribution in [0.15, 0.2) is 24.4 Å². The molecular formula is C15H14ClFN2S. The van der Waals surface area contributed by atoms with Gasteiger partial charge in [0.25, 0.3) is 0 Å². The Labute approximate surface area is 126 Å². The van der Waals surface area contributed by atoms with Gasteiger partial charge in [-0.05, 0) is 43.0 Å². The quantitative estimate of drug-likeness (QED) is 0.841. The first kappa shape index (κ1) is 12.7. The summed E-state index contributed by atoms with van der Waals surface area (Å²) in [5, 5.41) is 3.61. The van der Waals surface area contributed by atoms with E-state index in [0.717, 1.165) is 16.9 Å². The zero-order valence-corrected chi connectivity index (χ0v) is 12.3. The predicted octanol–water partition coefficient (Wildman–Crippen LogP) is 4.21. The minimum Gasteiger partial charge on any atom is -0.311 e. The van der Waals surface area contributed by atoms with E-state index in [1.165, 1.54) is 24.2 Å². The van der Waals surface area contributed by atoms with Gasteiger partial charge < -0.3 is 5.32 Å². The number of hydrogen-bond donors (Lipinski definition) is 1. The van der Waals surface area contributed by atoms with E-state index >= 15 is 0 Å². The lowest BCUT2D eigenvalue weighted by molar-refractivity contribution is 0.502. The van der Waals surface area contributed by atoms with Crippen molar-refractivity contribution in [2.45, 2.75) is 37.3 Å². The number of halogens is 2. The summed E-state index contributed by atoms with van der Waals surface area (Å²) < 4.78 is 14.6. The summed E-state index contributed by atoms with van der Waals surface area (Å²) >= 11 is 7.34. The fourth-order valence-corrected chi connectivity index (χ4v) is 4.54. The van der Waals surface area contributed by atoms with Crippen LogP contribution in [0.3, 0.4) is 0 Å². The Bertz CT molecular complexity index is 657. The maximum Gasteiger partial charge on any atom is 0.221 e. The summed E-state index contributed by atoms with van der Waals surface area (Å²) in [5.74, 6) is 0.0550. The Morgan fingerprint density at radius 1 is 1.35 bits per heavy atom. The highest BCUT2D eigenvalue weighted by Crippen LogP contribution is 2.41. The number of rotatable bonds is 2. The molecule has 3 atom stereocenters. The number of nitrogens with zero attached hydrogens (tertiary/aromatic N) is 1. The van der Waals surface area contributed by atoms with Gasteiger partial charge in [-0.15, -0.1) is 11.3 Å². The average Bonchev–Trinajstić information content (AvgIpc) is 3.15. The summed E-state index contributed by atoms with van der Waals surface area (Å²) in [4.78, 5) is 4.81. The average molecular weight is 309 g/mol. The van der Waals surface area contributed by atoms with E-state index in [-0.39, 0.29) is 0 Å². The van der Waals surface area contributed by atoms with Gasteiger partial charge in [0.2, 0.25) is 5.95 Å². The Hall–Kier alpha value is -0.970. The Morgan fingerprint density at radius 3 is 2.90 bits per heavy atom. The molecule has 0 aromatic carbocycles. The van der Waals surface area contributed by atoms with E-state index in [1.807, 2.05) is 12.1 Å². The van der Waals surface area contributed by atoms with Crippen LogP contribution in [-0.4, -0.2) is 17.1 Å². The fraction of sp³-hybridized carbons (Fsp3) is 0.400. The Morgan fingerprint density at radius 2 is 2.25 bits per heavy atom. The Kier molecular flexibility index (Phi) is 3.05. The van der Waals surface area contributed by atoms with Crippen molar-refractivity contribution in [2.24, 2.45) is 0 Å². The molecule has 0 amide bonds. The molecule has 5 heteroatoms. The van der Waals surface area contributed by atoms with Crippen molar-refractivity contribution in [1.82, 2.24) is 10.3 Å². The summed E-state index contributed by atoms with van der Waals surface area (Å²) in [7, 11) is 0. The van der Waals surface area contributed by atoms with Crippen molar-refractivity contribution < 1.29 is 4.39 Å². The van der Waals surface area contributed by atoms with Gasteiger partial charge in [-0.2, -0.15) is 4.39 Å². The van der Waals surface area contributed by atoms with Crippen LogP contribution >= 0.6 is 22.9 Å². The molecule has 104 valence electrons. The van der Waals surface area contributed by atoms with Crippen molar-refractivity contribution in [3.8, 4) is 10.4 Å². The highest BCUT2D eigenvalue weighted by atomic mass is 35.5. The minimum atomic E-state index is -0.414. The molecule has 4 heterocycles. The lowest BCUT2D eigenvalue weighted by Gasteiger charge is -2.20. The third-order valence-electron chi connectivity index (χ3n) is 4.43. The third kappa shape index (κ3) is 2.07. The second kappa shape index (κ2) is 4.79. The zero-order chi connectivity index (χ0) is 13.7. The highest BCUT2D eigenvalue weighted by Gasteiger charge is 2.40. The van der Waals surface area contributed by atoms with Crippen molar-refractivity contribution in [1.29, 1.82) is 0 Å². The van der Waals surface area contributed by atoms with E-state index in [2.05, 4.69) is 10.3 Å². The molecule has 2 saturated heterocycles. The van der Waals surface area contributed by atoms with Gasteiger partial charge in [0.1, 0.15) is 0 Å². The molecule has 2 aromatic heterocycles. The van der Waals surface area contributed by atoms with Gasteiger partial charge in [0.05, 0.1) is 4.34 Å². The third-order valence-corrected chi connectivity index (χ3v) is 5.69. The standard InChI is InChI=1S/C15H14ClFN2S/c16-14-4-3-13(20-14)11-5-8(7-18-15(11)17)10-6-9-1-2-12(10)19-9/h3-5,7,9-10,12,19H,1-2,6H2. The molecule has 0 aliphatic carbocycles. The predicted molar refractivity (Wildman–Crippen MR) is 79.8 cm³/mol. The van der Waals surface area contributed by atoms with Gasteiger partial charge in [0, 0.05) is 34.6 Å². The monoisotopic (exact) mass is 308 g/mol. The van der Waals surface area contributed by atoms with Crippen LogP contribution in [0.1, 0.15) is 30.7 Å². The molecule has 2 fully saturated rings. The van der Waals surface area contributed by atoms with Crippen molar-refractivity contribution in [2.75, 3.05) is 0 Å². The zero-order valence-electron chi connectivity index (χ0n) is 10.8. The molecule has 3 unspecified atom stereocenters. The largest absolute Gasteiger partial charge is 0.311 e. The molecule has 0 saturated carbocycles. The van der Waals surface area contributed by atoms with Gasteiger partial charge in [-0.3, -0.25) is 0 Å². The number of aromatic nitrogens is 1. The SMILES string of the molecule is Fc1ncc(C2CC3CCC2N3)cc1-c1ccc(Cl)s1. The van der Waals surface area contributed by atoms with Crippen molar-refractivity contribution in [3.05, 3.63) is 40.2 Å². The van der Waals surface area contributed by atoms with E-state index in [1.54, 1.807) is 12.3 Å². The van der Waals surface area contributed by atoms with E-state index < -0.39 is 5.95 Å². The maximum absolute atomic E-state index is 14.0. The van der Waals surface area contributed by atoms with Crippen LogP contribution in [0, 0.1) is 5.95 Å². The molecule has 2 bridgehead atoms. The first-order chi connectivity index (χ1) is 9.70. The van der Waals surface area contributed by atoms with E-state index in [9.17, 15) is 4.39 Å².